The van der Waals surface area contributed by atoms with Gasteiger partial charge in [-0.25, -0.2) is 0 Å². The van der Waals surface area contributed by atoms with Crippen LogP contribution in [0.15, 0.2) is 41.3 Å². The molecule has 0 saturated carbocycles. The van der Waals surface area contributed by atoms with Crippen LogP contribution in [-0.2, 0) is 14.3 Å². The number of Topliss-reactive ketones (excluding diaryl/α,β-unsaturated/α-hetero) is 1. The lowest BCUT2D eigenvalue weighted by Gasteiger charge is -2.44. The van der Waals surface area contributed by atoms with E-state index in [9.17, 15) is 19.5 Å². The zero-order valence-electron chi connectivity index (χ0n) is 17.5. The maximum atomic E-state index is 12.6. The molecule has 2 heterocycles. The van der Waals surface area contributed by atoms with Crippen molar-refractivity contribution in [2.24, 2.45) is 5.92 Å². The number of piperidine rings is 1. The first kappa shape index (κ1) is 22.7. The summed E-state index contributed by atoms with van der Waals surface area (Å²) in [5.41, 5.74) is 0.619. The molecule has 1 aromatic carbocycles. The number of aliphatic hydroxyl groups excluding tert-OH is 1. The molecule has 30 heavy (non-hydrogen) atoms. The SMILES string of the molecule is CCOC1CN(C(=O)CO)C(CC)CC1C1=CC(=O)C(CC(=O)c2ccccc2)S1. The number of carbonyl (C=O) groups excluding carboxylic acids is 3. The number of allylic oxidation sites excluding steroid dienone is 1. The number of rotatable bonds is 8. The van der Waals surface area contributed by atoms with Crippen molar-refractivity contribution in [2.75, 3.05) is 19.8 Å². The van der Waals surface area contributed by atoms with Gasteiger partial charge in [0.05, 0.1) is 11.4 Å². The molecule has 0 radical (unpaired) electrons. The average Bonchev–Trinajstić information content (AvgIpc) is 3.13. The Kier molecular flexibility index (Phi) is 7.86. The molecule has 6 nitrogen and oxygen atoms in total. The summed E-state index contributed by atoms with van der Waals surface area (Å²) in [4.78, 5) is 40.0. The predicted octanol–water partition coefficient (Wildman–Crippen LogP) is 2.85. The molecule has 0 bridgehead atoms. The average molecular weight is 432 g/mol. The molecule has 2 aliphatic rings. The number of thioether (sulfide) groups is 1. The molecule has 1 saturated heterocycles. The quantitative estimate of drug-likeness (QED) is 0.637. The van der Waals surface area contributed by atoms with Gasteiger partial charge in [0.25, 0.3) is 0 Å². The molecule has 1 aromatic rings. The maximum Gasteiger partial charge on any atom is 0.248 e. The van der Waals surface area contributed by atoms with Crippen LogP contribution in [0.4, 0.5) is 0 Å². The van der Waals surface area contributed by atoms with Crippen LogP contribution in [0.3, 0.4) is 0 Å². The minimum atomic E-state index is -0.514. The van der Waals surface area contributed by atoms with Crippen LogP contribution in [0, 0.1) is 5.92 Å². The summed E-state index contributed by atoms with van der Waals surface area (Å²) in [6.45, 7) is 4.31. The van der Waals surface area contributed by atoms with Gasteiger partial charge in [0.15, 0.2) is 11.6 Å². The molecule has 7 heteroatoms. The Balaban J connectivity index is 1.72. The number of ketones is 2. The molecule has 3 rings (SSSR count). The van der Waals surface area contributed by atoms with Crippen molar-refractivity contribution in [1.29, 1.82) is 0 Å². The van der Waals surface area contributed by atoms with Crippen LogP contribution in [-0.4, -0.2) is 64.6 Å². The fourth-order valence-electron chi connectivity index (χ4n) is 4.24. The first-order valence-corrected chi connectivity index (χ1v) is 11.4. The van der Waals surface area contributed by atoms with Gasteiger partial charge >= 0.3 is 0 Å². The number of likely N-dealkylation sites (tertiary alicyclic amines) is 1. The van der Waals surface area contributed by atoms with E-state index >= 15 is 0 Å². The topological polar surface area (TPSA) is 83.9 Å². The molecule has 162 valence electrons. The maximum absolute atomic E-state index is 12.6. The summed E-state index contributed by atoms with van der Waals surface area (Å²) >= 11 is 1.46. The summed E-state index contributed by atoms with van der Waals surface area (Å²) in [6.07, 6.45) is 3.05. The fraction of sp³-hybridized carbons (Fsp3) is 0.522. The first-order chi connectivity index (χ1) is 14.5. The van der Waals surface area contributed by atoms with Crippen LogP contribution in [0.1, 0.15) is 43.5 Å². The Hall–Kier alpha value is -1.96. The van der Waals surface area contributed by atoms with Crippen molar-refractivity contribution >= 4 is 29.2 Å². The summed E-state index contributed by atoms with van der Waals surface area (Å²) in [6, 6.07) is 9.03. The van der Waals surface area contributed by atoms with Crippen molar-refractivity contribution in [3.8, 4) is 0 Å². The fourth-order valence-corrected chi connectivity index (χ4v) is 5.60. The zero-order chi connectivity index (χ0) is 21.7. The molecule has 1 amide bonds. The highest BCUT2D eigenvalue weighted by Crippen LogP contribution is 2.43. The van der Waals surface area contributed by atoms with E-state index in [0.717, 1.165) is 11.3 Å². The number of carbonyl (C=O) groups is 3. The Morgan fingerprint density at radius 1 is 1.23 bits per heavy atom. The molecule has 0 aliphatic carbocycles. The molecule has 1 fully saturated rings. The number of hydrogen-bond acceptors (Lipinski definition) is 6. The molecule has 0 spiro atoms. The van der Waals surface area contributed by atoms with Gasteiger partial charge in [-0.05, 0) is 30.7 Å². The Bertz CT molecular complexity index is 809. The van der Waals surface area contributed by atoms with Crippen LogP contribution in [0.5, 0.6) is 0 Å². The number of aliphatic hydroxyl groups is 1. The van der Waals surface area contributed by atoms with Gasteiger partial charge < -0.3 is 14.7 Å². The van der Waals surface area contributed by atoms with E-state index in [2.05, 4.69) is 0 Å². The van der Waals surface area contributed by atoms with Gasteiger partial charge in [-0.1, -0.05) is 37.3 Å². The molecule has 1 N–H and O–H groups in total. The van der Waals surface area contributed by atoms with Crippen LogP contribution < -0.4 is 0 Å². The predicted molar refractivity (Wildman–Crippen MR) is 116 cm³/mol. The minimum Gasteiger partial charge on any atom is -0.387 e. The second kappa shape index (κ2) is 10.4. The number of amides is 1. The molecular weight excluding hydrogens is 402 g/mol. The lowest BCUT2D eigenvalue weighted by atomic mass is 9.86. The first-order valence-electron chi connectivity index (χ1n) is 10.5. The Morgan fingerprint density at radius 3 is 2.60 bits per heavy atom. The largest absolute Gasteiger partial charge is 0.387 e. The van der Waals surface area contributed by atoms with Crippen molar-refractivity contribution in [1.82, 2.24) is 4.90 Å². The third-order valence-electron chi connectivity index (χ3n) is 5.81. The summed E-state index contributed by atoms with van der Waals surface area (Å²) in [5, 5.41) is 8.91. The van der Waals surface area contributed by atoms with E-state index in [0.29, 0.717) is 25.1 Å². The number of benzene rings is 1. The highest BCUT2D eigenvalue weighted by molar-refractivity contribution is 8.04. The van der Waals surface area contributed by atoms with Crippen molar-refractivity contribution in [3.05, 3.63) is 46.9 Å². The van der Waals surface area contributed by atoms with Crippen molar-refractivity contribution in [3.63, 3.8) is 0 Å². The molecule has 2 aliphatic heterocycles. The Morgan fingerprint density at radius 2 is 1.97 bits per heavy atom. The number of hydrogen-bond donors (Lipinski definition) is 1. The molecule has 4 atom stereocenters. The Labute approximate surface area is 181 Å². The van der Waals surface area contributed by atoms with Gasteiger partial charge in [0, 0.05) is 37.1 Å². The molecular formula is C23H29NO5S. The second-order valence-electron chi connectivity index (χ2n) is 7.65. The smallest absolute Gasteiger partial charge is 0.248 e. The highest BCUT2D eigenvalue weighted by Gasteiger charge is 2.42. The molecule has 4 unspecified atom stereocenters. The second-order valence-corrected chi connectivity index (χ2v) is 8.93. The standard InChI is InChI=1S/C23H29NO5S/c1-3-16-10-17(20(29-4-2)13-24(16)23(28)14-25)21-12-19(27)22(30-21)11-18(26)15-8-6-5-7-9-15/h5-9,12,16-17,20,22,25H,3-4,10-11,13-14H2,1-2H3. The normalized spacial score (nSPS) is 26.6. The van der Waals surface area contributed by atoms with E-state index in [-0.39, 0.29) is 42.0 Å². The summed E-state index contributed by atoms with van der Waals surface area (Å²) < 4.78 is 5.94. The number of nitrogens with zero attached hydrogens (tertiary/aromatic N) is 1. The van der Waals surface area contributed by atoms with E-state index in [1.54, 1.807) is 23.1 Å². The minimum absolute atomic E-state index is 0.00317. The van der Waals surface area contributed by atoms with Gasteiger partial charge in [-0.15, -0.1) is 11.8 Å². The van der Waals surface area contributed by atoms with Gasteiger partial charge in [0.1, 0.15) is 6.61 Å². The van der Waals surface area contributed by atoms with E-state index in [1.807, 2.05) is 32.0 Å². The lowest BCUT2D eigenvalue weighted by molar-refractivity contribution is -0.144. The van der Waals surface area contributed by atoms with Crippen LogP contribution in [0.25, 0.3) is 0 Å². The monoisotopic (exact) mass is 431 g/mol. The van der Waals surface area contributed by atoms with Crippen LogP contribution in [0.2, 0.25) is 0 Å². The highest BCUT2D eigenvalue weighted by atomic mass is 32.2. The lowest BCUT2D eigenvalue weighted by Crippen LogP contribution is -2.54. The van der Waals surface area contributed by atoms with Crippen molar-refractivity contribution in [2.45, 2.75) is 50.5 Å². The molecule has 0 aromatic heterocycles. The van der Waals surface area contributed by atoms with E-state index in [4.69, 9.17) is 4.74 Å². The third kappa shape index (κ3) is 5.02. The summed E-state index contributed by atoms with van der Waals surface area (Å²) in [7, 11) is 0. The zero-order valence-corrected chi connectivity index (χ0v) is 18.3. The van der Waals surface area contributed by atoms with Crippen LogP contribution >= 0.6 is 11.8 Å². The van der Waals surface area contributed by atoms with E-state index < -0.39 is 11.9 Å². The van der Waals surface area contributed by atoms with E-state index in [1.165, 1.54) is 11.8 Å². The number of ether oxygens (including phenoxy) is 1. The van der Waals surface area contributed by atoms with Gasteiger partial charge in [-0.2, -0.15) is 0 Å². The van der Waals surface area contributed by atoms with Gasteiger partial charge in [-0.3, -0.25) is 14.4 Å². The third-order valence-corrected chi connectivity index (χ3v) is 7.19. The summed E-state index contributed by atoms with van der Waals surface area (Å²) in [5.74, 6) is -0.354. The van der Waals surface area contributed by atoms with Crippen molar-refractivity contribution < 1.29 is 24.2 Å². The van der Waals surface area contributed by atoms with Gasteiger partial charge in [0.2, 0.25) is 5.91 Å².